The Morgan fingerprint density at radius 1 is 0.783 bits per heavy atom. The number of hydrogen-bond donors (Lipinski definition) is 0. The molecule has 0 spiro atoms. The van der Waals surface area contributed by atoms with Crippen LogP contribution in [0.4, 0.5) is 0 Å². The van der Waals surface area contributed by atoms with Gasteiger partial charge in [0.2, 0.25) is 0 Å². The van der Waals surface area contributed by atoms with E-state index in [4.69, 9.17) is 14.2 Å². The highest BCUT2D eigenvalue weighted by molar-refractivity contribution is 6.07. The van der Waals surface area contributed by atoms with Gasteiger partial charge >= 0.3 is 17.9 Å². The Kier molecular flexibility index (Phi) is 6.75. The van der Waals surface area contributed by atoms with Crippen LogP contribution in [-0.2, 0) is 14.2 Å². The number of hydrogen-bond acceptors (Lipinski definition) is 6. The fourth-order valence-electron chi connectivity index (χ4n) is 2.34. The lowest BCUT2D eigenvalue weighted by Gasteiger charge is -2.16. The number of carbonyl (C=O) groups is 3. The van der Waals surface area contributed by atoms with Crippen molar-refractivity contribution in [1.29, 1.82) is 0 Å². The number of aryl methyl sites for hydroxylation is 1. The summed E-state index contributed by atoms with van der Waals surface area (Å²) in [5.74, 6) is -1.83. The zero-order valence-corrected chi connectivity index (χ0v) is 14.1. The van der Waals surface area contributed by atoms with Crippen LogP contribution in [0, 0.1) is 13.8 Å². The molecule has 0 aliphatic heterocycles. The van der Waals surface area contributed by atoms with Crippen molar-refractivity contribution in [3.8, 4) is 0 Å². The van der Waals surface area contributed by atoms with Crippen molar-refractivity contribution in [3.63, 3.8) is 0 Å². The molecule has 0 aromatic heterocycles. The molecule has 0 amide bonds. The maximum atomic E-state index is 12.3. The van der Waals surface area contributed by atoms with Crippen molar-refractivity contribution in [2.24, 2.45) is 0 Å². The summed E-state index contributed by atoms with van der Waals surface area (Å²) in [6.45, 7) is 8.85. The van der Waals surface area contributed by atoms with Gasteiger partial charge in [-0.15, -0.1) is 0 Å². The Bertz CT molecular complexity index is 618. The quantitative estimate of drug-likeness (QED) is 0.592. The van der Waals surface area contributed by atoms with E-state index < -0.39 is 17.9 Å². The van der Waals surface area contributed by atoms with Crippen molar-refractivity contribution in [1.82, 2.24) is 0 Å². The zero-order valence-electron chi connectivity index (χ0n) is 14.1. The monoisotopic (exact) mass is 322 g/mol. The van der Waals surface area contributed by atoms with Crippen LogP contribution in [0.3, 0.4) is 0 Å². The Morgan fingerprint density at radius 2 is 1.22 bits per heavy atom. The lowest BCUT2D eigenvalue weighted by atomic mass is 9.92. The van der Waals surface area contributed by atoms with Crippen LogP contribution in [-0.4, -0.2) is 37.7 Å². The molecule has 126 valence electrons. The maximum Gasteiger partial charge on any atom is 0.339 e. The highest BCUT2D eigenvalue weighted by atomic mass is 16.5. The van der Waals surface area contributed by atoms with Crippen LogP contribution in [0.25, 0.3) is 0 Å². The van der Waals surface area contributed by atoms with Crippen molar-refractivity contribution in [2.45, 2.75) is 34.6 Å². The van der Waals surface area contributed by atoms with Crippen molar-refractivity contribution >= 4 is 17.9 Å². The second-order valence-electron chi connectivity index (χ2n) is 4.78. The van der Waals surface area contributed by atoms with Crippen LogP contribution in [0.2, 0.25) is 0 Å². The smallest absolute Gasteiger partial charge is 0.339 e. The number of benzene rings is 1. The molecule has 1 rings (SSSR count). The Morgan fingerprint density at radius 3 is 1.70 bits per heavy atom. The van der Waals surface area contributed by atoms with E-state index >= 15 is 0 Å². The Hall–Kier alpha value is -2.37. The van der Waals surface area contributed by atoms with E-state index in [-0.39, 0.29) is 36.5 Å². The summed E-state index contributed by atoms with van der Waals surface area (Å²) in [5, 5.41) is 0. The van der Waals surface area contributed by atoms with E-state index in [9.17, 15) is 14.4 Å². The molecule has 0 aliphatic carbocycles. The summed E-state index contributed by atoms with van der Waals surface area (Å²) >= 11 is 0. The predicted octanol–water partition coefficient (Wildman–Crippen LogP) is 2.83. The zero-order chi connectivity index (χ0) is 17.6. The lowest BCUT2D eigenvalue weighted by Crippen LogP contribution is -2.20. The first-order valence-electron chi connectivity index (χ1n) is 7.54. The van der Waals surface area contributed by atoms with Gasteiger partial charge in [-0.2, -0.15) is 0 Å². The molecule has 1 aromatic rings. The number of carbonyl (C=O) groups excluding carboxylic acids is 3. The minimum Gasteiger partial charge on any atom is -0.462 e. The van der Waals surface area contributed by atoms with Gasteiger partial charge in [0.25, 0.3) is 0 Å². The molecular weight excluding hydrogens is 300 g/mol. The Balaban J connectivity index is 3.57. The van der Waals surface area contributed by atoms with E-state index in [0.29, 0.717) is 11.1 Å². The third-order valence-electron chi connectivity index (χ3n) is 3.23. The third-order valence-corrected chi connectivity index (χ3v) is 3.23. The average Bonchev–Trinajstić information content (AvgIpc) is 2.47. The van der Waals surface area contributed by atoms with Crippen LogP contribution in [0.15, 0.2) is 6.07 Å². The van der Waals surface area contributed by atoms with Gasteiger partial charge in [0, 0.05) is 0 Å². The van der Waals surface area contributed by atoms with E-state index in [0.717, 1.165) is 0 Å². The highest BCUT2D eigenvalue weighted by Crippen LogP contribution is 2.25. The molecule has 0 fully saturated rings. The summed E-state index contributed by atoms with van der Waals surface area (Å²) in [5.41, 5.74) is 1.29. The van der Waals surface area contributed by atoms with Crippen LogP contribution in [0.1, 0.15) is 63.0 Å². The predicted molar refractivity (Wildman–Crippen MR) is 83.8 cm³/mol. The molecule has 0 atom stereocenters. The van der Waals surface area contributed by atoms with Gasteiger partial charge in [0.1, 0.15) is 0 Å². The second kappa shape index (κ2) is 8.31. The summed E-state index contributed by atoms with van der Waals surface area (Å²) in [6, 6.07) is 1.46. The fraction of sp³-hybridized carbons (Fsp3) is 0.471. The van der Waals surface area contributed by atoms with Gasteiger partial charge in [0.15, 0.2) is 0 Å². The number of ether oxygens (including phenoxy) is 3. The van der Waals surface area contributed by atoms with Crippen molar-refractivity contribution in [3.05, 3.63) is 33.9 Å². The molecule has 0 aliphatic rings. The van der Waals surface area contributed by atoms with Gasteiger partial charge in [0.05, 0.1) is 36.5 Å². The summed E-state index contributed by atoms with van der Waals surface area (Å²) < 4.78 is 15.0. The molecule has 6 nitrogen and oxygen atoms in total. The van der Waals surface area contributed by atoms with Crippen LogP contribution < -0.4 is 0 Å². The van der Waals surface area contributed by atoms with Crippen LogP contribution in [0.5, 0.6) is 0 Å². The van der Waals surface area contributed by atoms with Gasteiger partial charge in [-0.3, -0.25) is 0 Å². The molecule has 0 saturated carbocycles. The Labute approximate surface area is 135 Å². The normalized spacial score (nSPS) is 10.1. The van der Waals surface area contributed by atoms with Gasteiger partial charge in [-0.05, 0) is 51.8 Å². The largest absolute Gasteiger partial charge is 0.462 e. The van der Waals surface area contributed by atoms with Gasteiger partial charge < -0.3 is 14.2 Å². The number of rotatable bonds is 6. The van der Waals surface area contributed by atoms with E-state index in [1.807, 2.05) is 0 Å². The van der Waals surface area contributed by atoms with E-state index in [1.165, 1.54) is 6.07 Å². The second-order valence-corrected chi connectivity index (χ2v) is 4.78. The molecule has 6 heteroatoms. The van der Waals surface area contributed by atoms with Crippen molar-refractivity contribution < 1.29 is 28.6 Å². The molecule has 0 N–H and O–H groups in total. The molecular formula is C17H22O6. The average molecular weight is 322 g/mol. The minimum atomic E-state index is -0.668. The summed E-state index contributed by atoms with van der Waals surface area (Å²) in [4.78, 5) is 36.5. The third kappa shape index (κ3) is 4.09. The molecule has 1 aromatic carbocycles. The minimum absolute atomic E-state index is 0.0407. The van der Waals surface area contributed by atoms with E-state index in [2.05, 4.69) is 0 Å². The lowest BCUT2D eigenvalue weighted by molar-refractivity contribution is 0.0475. The van der Waals surface area contributed by atoms with Crippen LogP contribution >= 0.6 is 0 Å². The molecule has 0 radical (unpaired) electrons. The topological polar surface area (TPSA) is 78.9 Å². The van der Waals surface area contributed by atoms with Gasteiger partial charge in [-0.1, -0.05) is 0 Å². The SMILES string of the molecule is CCOC(=O)c1cc(C)c(C(=O)OCC)c(C)c1C(=O)OCC. The van der Waals surface area contributed by atoms with Gasteiger partial charge in [-0.25, -0.2) is 14.4 Å². The molecule has 0 saturated heterocycles. The fourth-order valence-corrected chi connectivity index (χ4v) is 2.34. The van der Waals surface area contributed by atoms with E-state index in [1.54, 1.807) is 34.6 Å². The number of esters is 3. The first-order valence-corrected chi connectivity index (χ1v) is 7.54. The summed E-state index contributed by atoms with van der Waals surface area (Å²) in [7, 11) is 0. The molecule has 0 bridgehead atoms. The first kappa shape index (κ1) is 18.7. The summed E-state index contributed by atoms with van der Waals surface area (Å²) in [6.07, 6.45) is 0. The first-order chi connectivity index (χ1) is 10.9. The standard InChI is InChI=1S/C17H22O6/c1-6-21-15(18)12-9-10(4)13(16(19)22-7-2)11(5)14(12)17(20)23-8-3/h9H,6-8H2,1-5H3. The molecule has 0 unspecified atom stereocenters. The molecule has 0 heterocycles. The molecule has 23 heavy (non-hydrogen) atoms. The van der Waals surface area contributed by atoms with Crippen molar-refractivity contribution in [2.75, 3.05) is 19.8 Å². The highest BCUT2D eigenvalue weighted by Gasteiger charge is 2.27. The maximum absolute atomic E-state index is 12.3.